The number of rotatable bonds is 7. The monoisotopic (exact) mass is 288 g/mol. The van der Waals surface area contributed by atoms with Crippen molar-refractivity contribution in [3.05, 3.63) is 41.5 Å². The van der Waals surface area contributed by atoms with Gasteiger partial charge in [-0.2, -0.15) is 5.10 Å². The standard InChI is InChI=1S/C17H28N4/c1-6-15-10-16(21(7-2)19-15)12-20-9-8-14(11-20)17(18-5)13(3)4/h8-11,13,17-18H,6-7,12H2,1-5H3. The van der Waals surface area contributed by atoms with Gasteiger partial charge in [-0.05, 0) is 44.0 Å². The third-order valence-corrected chi connectivity index (χ3v) is 4.03. The van der Waals surface area contributed by atoms with Gasteiger partial charge in [-0.1, -0.05) is 20.8 Å². The maximum absolute atomic E-state index is 4.62. The summed E-state index contributed by atoms with van der Waals surface area (Å²) in [4.78, 5) is 0. The average Bonchev–Trinajstić information content (AvgIpc) is 3.06. The highest BCUT2D eigenvalue weighted by Crippen LogP contribution is 2.21. The van der Waals surface area contributed by atoms with E-state index in [2.05, 4.69) is 71.9 Å². The number of nitrogens with zero attached hydrogens (tertiary/aromatic N) is 3. The highest BCUT2D eigenvalue weighted by Gasteiger charge is 2.15. The second-order valence-electron chi connectivity index (χ2n) is 5.92. The molecule has 0 aromatic carbocycles. The number of hydrogen-bond acceptors (Lipinski definition) is 2. The Morgan fingerprint density at radius 1 is 1.29 bits per heavy atom. The van der Waals surface area contributed by atoms with E-state index in [0.717, 1.165) is 19.5 Å². The van der Waals surface area contributed by atoms with Crippen molar-refractivity contribution in [1.82, 2.24) is 19.7 Å². The molecule has 2 aromatic heterocycles. The van der Waals surface area contributed by atoms with Crippen LogP contribution >= 0.6 is 0 Å². The molecule has 2 aromatic rings. The fourth-order valence-electron chi connectivity index (χ4n) is 2.90. The van der Waals surface area contributed by atoms with E-state index in [9.17, 15) is 0 Å². The Bertz CT molecular complexity index is 565. The molecule has 1 N–H and O–H groups in total. The van der Waals surface area contributed by atoms with Crippen molar-refractivity contribution in [2.45, 2.75) is 53.2 Å². The fourth-order valence-corrected chi connectivity index (χ4v) is 2.90. The molecule has 0 fully saturated rings. The van der Waals surface area contributed by atoms with Gasteiger partial charge in [0, 0.05) is 25.0 Å². The lowest BCUT2D eigenvalue weighted by Gasteiger charge is -2.18. The second kappa shape index (κ2) is 6.94. The number of hydrogen-bond donors (Lipinski definition) is 1. The van der Waals surface area contributed by atoms with Crippen molar-refractivity contribution in [1.29, 1.82) is 0 Å². The molecule has 1 unspecified atom stereocenters. The summed E-state index contributed by atoms with van der Waals surface area (Å²) in [6.45, 7) is 10.6. The van der Waals surface area contributed by atoms with Gasteiger partial charge in [-0.15, -0.1) is 0 Å². The van der Waals surface area contributed by atoms with Crippen LogP contribution in [0.4, 0.5) is 0 Å². The van der Waals surface area contributed by atoms with Gasteiger partial charge in [0.15, 0.2) is 0 Å². The topological polar surface area (TPSA) is 34.8 Å². The van der Waals surface area contributed by atoms with E-state index >= 15 is 0 Å². The Morgan fingerprint density at radius 2 is 2.05 bits per heavy atom. The summed E-state index contributed by atoms with van der Waals surface area (Å²) in [5, 5.41) is 8.02. The van der Waals surface area contributed by atoms with Crippen LogP contribution in [0.2, 0.25) is 0 Å². The van der Waals surface area contributed by atoms with E-state index in [1.54, 1.807) is 0 Å². The SMILES string of the molecule is CCc1cc(Cn2ccc(C(NC)C(C)C)c2)n(CC)n1. The predicted molar refractivity (Wildman–Crippen MR) is 87.5 cm³/mol. The summed E-state index contributed by atoms with van der Waals surface area (Å²) in [5.74, 6) is 0.582. The molecule has 0 saturated heterocycles. The van der Waals surface area contributed by atoms with E-state index in [0.29, 0.717) is 12.0 Å². The van der Waals surface area contributed by atoms with Crippen molar-refractivity contribution >= 4 is 0 Å². The van der Waals surface area contributed by atoms with Crippen molar-refractivity contribution in [3.8, 4) is 0 Å². The third-order valence-electron chi connectivity index (χ3n) is 4.03. The lowest BCUT2D eigenvalue weighted by molar-refractivity contribution is 0.442. The summed E-state index contributed by atoms with van der Waals surface area (Å²) < 4.78 is 4.36. The van der Waals surface area contributed by atoms with Crippen molar-refractivity contribution < 1.29 is 0 Å². The van der Waals surface area contributed by atoms with Crippen molar-refractivity contribution in [3.63, 3.8) is 0 Å². The largest absolute Gasteiger partial charge is 0.348 e. The molecule has 2 rings (SSSR count). The van der Waals surface area contributed by atoms with Gasteiger partial charge in [0.25, 0.3) is 0 Å². The summed E-state index contributed by atoms with van der Waals surface area (Å²) in [7, 11) is 2.03. The Labute approximate surface area is 128 Å². The second-order valence-corrected chi connectivity index (χ2v) is 5.92. The Balaban J connectivity index is 2.17. The van der Waals surface area contributed by atoms with Gasteiger partial charge in [0.05, 0.1) is 17.9 Å². The minimum absolute atomic E-state index is 0.411. The smallest absolute Gasteiger partial charge is 0.0639 e. The van der Waals surface area contributed by atoms with Gasteiger partial charge < -0.3 is 9.88 Å². The molecule has 4 nitrogen and oxygen atoms in total. The molecule has 116 valence electrons. The van der Waals surface area contributed by atoms with Crippen LogP contribution in [0.15, 0.2) is 24.5 Å². The first-order chi connectivity index (χ1) is 10.1. The first-order valence-corrected chi connectivity index (χ1v) is 7.97. The van der Waals surface area contributed by atoms with Crippen LogP contribution in [-0.2, 0) is 19.5 Å². The van der Waals surface area contributed by atoms with Crippen LogP contribution < -0.4 is 5.32 Å². The van der Waals surface area contributed by atoms with Crippen LogP contribution in [0.25, 0.3) is 0 Å². The lowest BCUT2D eigenvalue weighted by atomic mass is 9.99. The minimum atomic E-state index is 0.411. The number of aryl methyl sites for hydroxylation is 2. The zero-order chi connectivity index (χ0) is 15.4. The van der Waals surface area contributed by atoms with E-state index in [4.69, 9.17) is 0 Å². The molecule has 0 amide bonds. The molecule has 0 aliphatic heterocycles. The predicted octanol–water partition coefficient (Wildman–Crippen LogP) is 3.23. The maximum atomic E-state index is 4.62. The molecule has 4 heteroatoms. The molecular formula is C17H28N4. The van der Waals surface area contributed by atoms with Crippen LogP contribution in [0.3, 0.4) is 0 Å². The molecule has 2 heterocycles. The van der Waals surface area contributed by atoms with Crippen LogP contribution in [0.5, 0.6) is 0 Å². The van der Waals surface area contributed by atoms with E-state index < -0.39 is 0 Å². The normalized spacial score (nSPS) is 13.0. The quantitative estimate of drug-likeness (QED) is 0.849. The zero-order valence-corrected chi connectivity index (χ0v) is 13.9. The summed E-state index contributed by atoms with van der Waals surface area (Å²) >= 11 is 0. The van der Waals surface area contributed by atoms with Crippen molar-refractivity contribution in [2.24, 2.45) is 5.92 Å². The Morgan fingerprint density at radius 3 is 2.62 bits per heavy atom. The summed E-state index contributed by atoms with van der Waals surface area (Å²) in [5.41, 5.74) is 3.81. The highest BCUT2D eigenvalue weighted by molar-refractivity contribution is 5.18. The van der Waals surface area contributed by atoms with Crippen LogP contribution in [0, 0.1) is 5.92 Å². The maximum Gasteiger partial charge on any atom is 0.0639 e. The van der Waals surface area contributed by atoms with Gasteiger partial charge >= 0.3 is 0 Å². The molecule has 0 bridgehead atoms. The number of aromatic nitrogens is 3. The van der Waals surface area contributed by atoms with Gasteiger partial charge in [-0.25, -0.2) is 0 Å². The van der Waals surface area contributed by atoms with Crippen LogP contribution in [0.1, 0.15) is 50.7 Å². The molecule has 21 heavy (non-hydrogen) atoms. The first-order valence-electron chi connectivity index (χ1n) is 7.97. The van der Waals surface area contributed by atoms with E-state index in [1.807, 2.05) is 7.05 Å². The third kappa shape index (κ3) is 3.56. The Hall–Kier alpha value is -1.55. The molecule has 0 saturated carbocycles. The fraction of sp³-hybridized carbons (Fsp3) is 0.588. The molecule has 0 spiro atoms. The molecule has 0 radical (unpaired) electrons. The molecular weight excluding hydrogens is 260 g/mol. The summed E-state index contributed by atoms with van der Waals surface area (Å²) in [6, 6.07) is 4.85. The van der Waals surface area contributed by atoms with Gasteiger partial charge in [0.2, 0.25) is 0 Å². The van der Waals surface area contributed by atoms with Gasteiger partial charge in [-0.3, -0.25) is 4.68 Å². The van der Waals surface area contributed by atoms with E-state index in [1.165, 1.54) is 17.0 Å². The zero-order valence-electron chi connectivity index (χ0n) is 13.9. The molecule has 1 atom stereocenters. The van der Waals surface area contributed by atoms with Gasteiger partial charge in [0.1, 0.15) is 0 Å². The molecule has 0 aliphatic carbocycles. The average molecular weight is 288 g/mol. The lowest BCUT2D eigenvalue weighted by Crippen LogP contribution is -2.21. The van der Waals surface area contributed by atoms with Crippen LogP contribution in [-0.4, -0.2) is 21.4 Å². The number of nitrogens with one attached hydrogen (secondary N) is 1. The summed E-state index contributed by atoms with van der Waals surface area (Å²) in [6.07, 6.45) is 5.41. The van der Waals surface area contributed by atoms with E-state index in [-0.39, 0.29) is 0 Å². The van der Waals surface area contributed by atoms with Crippen molar-refractivity contribution in [2.75, 3.05) is 7.05 Å². The highest BCUT2D eigenvalue weighted by atomic mass is 15.3. The molecule has 0 aliphatic rings. The Kier molecular flexibility index (Phi) is 5.23. The minimum Gasteiger partial charge on any atom is -0.348 e. The first kappa shape index (κ1) is 15.8.